The summed E-state index contributed by atoms with van der Waals surface area (Å²) in [5.41, 5.74) is 0.904. The Morgan fingerprint density at radius 3 is 2.55 bits per heavy atom. The molecule has 108 valence electrons. The van der Waals surface area contributed by atoms with E-state index in [0.29, 0.717) is 13.1 Å². The molecule has 0 heterocycles. The van der Waals surface area contributed by atoms with Gasteiger partial charge in [0.1, 0.15) is 0 Å². The van der Waals surface area contributed by atoms with Gasteiger partial charge in [0.2, 0.25) is 0 Å². The monoisotopic (exact) mass is 291 g/mol. The van der Waals surface area contributed by atoms with Crippen LogP contribution >= 0.6 is 0 Å². The first-order valence-corrected chi connectivity index (χ1v) is 8.40. The van der Waals surface area contributed by atoms with Gasteiger partial charge in [-0.25, -0.2) is 0 Å². The Hall–Kier alpha value is -1.23. The molecule has 0 aliphatic carbocycles. The number of fused-ring (bicyclic) bond motifs is 1. The van der Waals surface area contributed by atoms with E-state index in [0.717, 1.165) is 10.9 Å². The summed E-state index contributed by atoms with van der Waals surface area (Å²) in [6.07, 6.45) is 1.16. The molecule has 0 bridgehead atoms. The number of hydrogen-bond donors (Lipinski definition) is 2. The average Bonchev–Trinajstić information content (AvgIpc) is 2.46. The van der Waals surface area contributed by atoms with Crippen molar-refractivity contribution in [3.63, 3.8) is 0 Å². The van der Waals surface area contributed by atoms with E-state index < -0.39 is 16.9 Å². The summed E-state index contributed by atoms with van der Waals surface area (Å²) >= 11 is 0. The molecule has 4 heteroatoms. The molecular formula is C16H21NO2S. The van der Waals surface area contributed by atoms with E-state index in [4.69, 9.17) is 0 Å². The fourth-order valence-electron chi connectivity index (χ4n) is 2.07. The van der Waals surface area contributed by atoms with Crippen LogP contribution in [-0.2, 0) is 10.8 Å². The lowest BCUT2D eigenvalue weighted by molar-refractivity contribution is 0.175. The van der Waals surface area contributed by atoms with Crippen LogP contribution in [0, 0.1) is 0 Å². The first kappa shape index (κ1) is 15.2. The van der Waals surface area contributed by atoms with Gasteiger partial charge in [0, 0.05) is 35.4 Å². The molecule has 3 unspecified atom stereocenters. The number of rotatable bonds is 6. The van der Waals surface area contributed by atoms with Crippen molar-refractivity contribution in [2.75, 3.05) is 19.3 Å². The van der Waals surface area contributed by atoms with Gasteiger partial charge in [-0.1, -0.05) is 36.4 Å². The Kier molecular flexibility index (Phi) is 5.29. The van der Waals surface area contributed by atoms with Gasteiger partial charge in [0.25, 0.3) is 0 Å². The highest BCUT2D eigenvalue weighted by atomic mass is 32.2. The molecular weight excluding hydrogens is 270 g/mol. The zero-order valence-corrected chi connectivity index (χ0v) is 12.7. The van der Waals surface area contributed by atoms with E-state index >= 15 is 0 Å². The summed E-state index contributed by atoms with van der Waals surface area (Å²) in [5.74, 6) is 0. The second-order valence-electron chi connectivity index (χ2n) is 5.09. The van der Waals surface area contributed by atoms with Gasteiger partial charge in [-0.05, 0) is 29.3 Å². The van der Waals surface area contributed by atoms with Crippen LogP contribution in [-0.4, -0.2) is 33.9 Å². The predicted octanol–water partition coefficient (Wildman–Crippen LogP) is 2.23. The van der Waals surface area contributed by atoms with Crippen LogP contribution in [0.5, 0.6) is 0 Å². The zero-order valence-electron chi connectivity index (χ0n) is 11.9. The van der Waals surface area contributed by atoms with Crippen LogP contribution in [0.15, 0.2) is 42.5 Å². The van der Waals surface area contributed by atoms with Crippen LogP contribution in [0.25, 0.3) is 10.8 Å². The lowest BCUT2D eigenvalue weighted by Crippen LogP contribution is -2.30. The Bertz CT molecular complexity index is 600. The van der Waals surface area contributed by atoms with Gasteiger partial charge in [-0.15, -0.1) is 0 Å². The molecule has 20 heavy (non-hydrogen) atoms. The van der Waals surface area contributed by atoms with Crippen LogP contribution in [0.4, 0.5) is 0 Å². The molecule has 0 aliphatic rings. The molecule has 2 N–H and O–H groups in total. The van der Waals surface area contributed by atoms with Crippen molar-refractivity contribution in [1.82, 2.24) is 5.32 Å². The van der Waals surface area contributed by atoms with Gasteiger partial charge in [0.05, 0.1) is 6.10 Å². The van der Waals surface area contributed by atoms with Gasteiger partial charge in [0.15, 0.2) is 0 Å². The van der Waals surface area contributed by atoms with E-state index in [2.05, 4.69) is 11.4 Å². The molecule has 0 spiro atoms. The third kappa shape index (κ3) is 3.88. The SMILES string of the molecule is CC(CNCC(O)c1ccc2ccccc2c1)S(C)=O. The Balaban J connectivity index is 1.97. The number of aliphatic hydroxyl groups excluding tert-OH is 1. The lowest BCUT2D eigenvalue weighted by Gasteiger charge is -2.15. The highest BCUT2D eigenvalue weighted by Crippen LogP contribution is 2.20. The smallest absolute Gasteiger partial charge is 0.0914 e. The minimum Gasteiger partial charge on any atom is -0.387 e. The zero-order chi connectivity index (χ0) is 14.5. The minimum absolute atomic E-state index is 0.0961. The fourth-order valence-corrected chi connectivity index (χ4v) is 2.43. The average molecular weight is 291 g/mol. The Labute approximate surface area is 122 Å². The maximum atomic E-state index is 11.2. The maximum Gasteiger partial charge on any atom is 0.0914 e. The number of hydrogen-bond acceptors (Lipinski definition) is 3. The molecule has 0 saturated heterocycles. The van der Waals surface area contributed by atoms with E-state index in [1.165, 1.54) is 5.39 Å². The molecule has 0 radical (unpaired) electrons. The minimum atomic E-state index is -0.832. The predicted molar refractivity (Wildman–Crippen MR) is 85.3 cm³/mol. The van der Waals surface area contributed by atoms with Crippen molar-refractivity contribution >= 4 is 21.6 Å². The van der Waals surface area contributed by atoms with Crippen molar-refractivity contribution in [3.8, 4) is 0 Å². The number of aliphatic hydroxyl groups is 1. The molecule has 0 aromatic heterocycles. The summed E-state index contributed by atoms with van der Waals surface area (Å²) in [7, 11) is -0.832. The fraction of sp³-hybridized carbons (Fsp3) is 0.375. The van der Waals surface area contributed by atoms with Crippen LogP contribution in [0.1, 0.15) is 18.6 Å². The third-order valence-corrected chi connectivity index (χ3v) is 4.79. The van der Waals surface area contributed by atoms with Gasteiger partial charge >= 0.3 is 0 Å². The van der Waals surface area contributed by atoms with Crippen LogP contribution in [0.2, 0.25) is 0 Å². The number of benzene rings is 2. The summed E-state index contributed by atoms with van der Waals surface area (Å²) < 4.78 is 11.2. The van der Waals surface area contributed by atoms with E-state index in [-0.39, 0.29) is 5.25 Å². The molecule has 0 fully saturated rings. The highest BCUT2D eigenvalue weighted by molar-refractivity contribution is 7.84. The van der Waals surface area contributed by atoms with E-state index in [1.54, 1.807) is 6.26 Å². The topological polar surface area (TPSA) is 49.3 Å². The van der Waals surface area contributed by atoms with Crippen LogP contribution in [0.3, 0.4) is 0 Å². The van der Waals surface area contributed by atoms with Gasteiger partial charge in [-0.2, -0.15) is 0 Å². The standard InChI is InChI=1S/C16H21NO2S/c1-12(20(2)19)10-17-11-16(18)15-8-7-13-5-3-4-6-14(13)9-15/h3-9,12,16-18H,10-11H2,1-2H3. The second-order valence-corrected chi connectivity index (χ2v) is 6.89. The molecule has 0 saturated carbocycles. The summed E-state index contributed by atoms with van der Waals surface area (Å²) in [6.45, 7) is 3.05. The molecule has 2 rings (SSSR count). The summed E-state index contributed by atoms with van der Waals surface area (Å²) in [6, 6.07) is 14.1. The van der Waals surface area contributed by atoms with Crippen LogP contribution < -0.4 is 5.32 Å². The molecule has 3 atom stereocenters. The second kappa shape index (κ2) is 6.97. The molecule has 0 aliphatic heterocycles. The highest BCUT2D eigenvalue weighted by Gasteiger charge is 2.10. The molecule has 2 aromatic carbocycles. The molecule has 3 nitrogen and oxygen atoms in total. The largest absolute Gasteiger partial charge is 0.387 e. The van der Waals surface area contributed by atoms with Crippen molar-refractivity contribution in [3.05, 3.63) is 48.0 Å². The molecule has 2 aromatic rings. The van der Waals surface area contributed by atoms with Crippen molar-refractivity contribution in [2.45, 2.75) is 18.3 Å². The van der Waals surface area contributed by atoms with Crippen molar-refractivity contribution in [2.24, 2.45) is 0 Å². The Morgan fingerprint density at radius 1 is 1.15 bits per heavy atom. The van der Waals surface area contributed by atoms with Gasteiger partial charge < -0.3 is 10.4 Å². The normalized spacial score (nSPS) is 15.9. The van der Waals surface area contributed by atoms with E-state index in [1.807, 2.05) is 43.3 Å². The molecule has 0 amide bonds. The van der Waals surface area contributed by atoms with Gasteiger partial charge in [-0.3, -0.25) is 4.21 Å². The van der Waals surface area contributed by atoms with E-state index in [9.17, 15) is 9.32 Å². The Morgan fingerprint density at radius 2 is 1.85 bits per heavy atom. The first-order chi connectivity index (χ1) is 9.58. The van der Waals surface area contributed by atoms with Crippen molar-refractivity contribution in [1.29, 1.82) is 0 Å². The quantitative estimate of drug-likeness (QED) is 0.858. The summed E-state index contributed by atoms with van der Waals surface area (Å²) in [5, 5.41) is 15.8. The third-order valence-electron chi connectivity index (χ3n) is 3.49. The maximum absolute atomic E-state index is 11.2. The lowest BCUT2D eigenvalue weighted by atomic mass is 10.0. The number of nitrogens with one attached hydrogen (secondary N) is 1. The van der Waals surface area contributed by atoms with Crippen molar-refractivity contribution < 1.29 is 9.32 Å². The summed E-state index contributed by atoms with van der Waals surface area (Å²) in [4.78, 5) is 0. The first-order valence-electron chi connectivity index (χ1n) is 6.77.